The minimum atomic E-state index is 0. The summed E-state index contributed by atoms with van der Waals surface area (Å²) < 4.78 is 10.2. The average Bonchev–Trinajstić information content (AvgIpc) is 2.68. The van der Waals surface area contributed by atoms with Crippen molar-refractivity contribution in [2.24, 2.45) is 16.8 Å². The van der Waals surface area contributed by atoms with Gasteiger partial charge in [0.15, 0.2) is 0 Å². The number of hydrogen-bond acceptors (Lipinski definition) is 4. The van der Waals surface area contributed by atoms with Gasteiger partial charge in [0.05, 0.1) is 19.9 Å². The monoisotopic (exact) mass is 428 g/mol. The molecule has 31 heavy (non-hydrogen) atoms. The Morgan fingerprint density at radius 3 is 1.71 bits per heavy atom. The maximum Gasteiger partial charge on any atom is 0.119 e. The van der Waals surface area contributed by atoms with Gasteiger partial charge in [0.2, 0.25) is 0 Å². The molecule has 0 heterocycles. The van der Waals surface area contributed by atoms with Gasteiger partial charge in [0.1, 0.15) is 11.5 Å². The van der Waals surface area contributed by atoms with Crippen molar-refractivity contribution >= 4 is 17.1 Å². The van der Waals surface area contributed by atoms with E-state index in [9.17, 15) is 0 Å². The van der Waals surface area contributed by atoms with E-state index >= 15 is 0 Å². The van der Waals surface area contributed by atoms with Crippen LogP contribution in [0.4, 0.5) is 11.4 Å². The van der Waals surface area contributed by atoms with Crippen molar-refractivity contribution in [1.82, 2.24) is 0 Å². The molecule has 2 rings (SSSR count). The van der Waals surface area contributed by atoms with E-state index in [2.05, 4.69) is 64.0 Å². The molecule has 0 spiro atoms. The van der Waals surface area contributed by atoms with Gasteiger partial charge in [-0.3, -0.25) is 4.99 Å². The van der Waals surface area contributed by atoms with Crippen LogP contribution in [0.25, 0.3) is 0 Å². The number of aliphatic imine (C=N–C) groups is 1. The van der Waals surface area contributed by atoms with Gasteiger partial charge < -0.3 is 14.8 Å². The fourth-order valence-corrected chi connectivity index (χ4v) is 3.25. The highest BCUT2D eigenvalue weighted by atomic mass is 16.5. The Labute approximate surface area is 191 Å². The first kappa shape index (κ1) is 28.5. The molecule has 1 N–H and O–H groups in total. The van der Waals surface area contributed by atoms with Crippen LogP contribution in [0.2, 0.25) is 0 Å². The van der Waals surface area contributed by atoms with E-state index in [4.69, 9.17) is 9.47 Å². The molecule has 1 atom stereocenters. The molecule has 0 aliphatic rings. The molecule has 0 aliphatic heterocycles. The molecule has 0 fully saturated rings. The molecule has 2 aromatic rings. The summed E-state index contributed by atoms with van der Waals surface area (Å²) in [5.74, 6) is 3.16. The maximum atomic E-state index is 5.11. The summed E-state index contributed by atoms with van der Waals surface area (Å²) in [6.45, 7) is 13.2. The zero-order valence-electron chi connectivity index (χ0n) is 20.0. The summed E-state index contributed by atoms with van der Waals surface area (Å²) in [5.41, 5.74) is 3.33. The van der Waals surface area contributed by atoms with Crippen molar-refractivity contribution in [3.8, 4) is 11.5 Å². The minimum absolute atomic E-state index is 0. The lowest BCUT2D eigenvalue weighted by molar-refractivity contribution is 0.414. The third kappa shape index (κ3) is 12.7. The van der Waals surface area contributed by atoms with E-state index in [0.717, 1.165) is 35.2 Å². The van der Waals surface area contributed by atoms with Gasteiger partial charge in [-0.15, -0.1) is 0 Å². The number of nitrogens with one attached hydrogen (secondary N) is 1. The summed E-state index contributed by atoms with van der Waals surface area (Å²) in [7, 11) is 3.35. The number of anilines is 1. The largest absolute Gasteiger partial charge is 0.497 e. The summed E-state index contributed by atoms with van der Waals surface area (Å²) >= 11 is 0. The first-order chi connectivity index (χ1) is 14.2. The summed E-state index contributed by atoms with van der Waals surface area (Å²) in [6, 6.07) is 16.4. The lowest BCUT2D eigenvalue weighted by Crippen LogP contribution is -2.17. The van der Waals surface area contributed by atoms with Gasteiger partial charge in [-0.1, -0.05) is 35.1 Å². The predicted molar refractivity (Wildman–Crippen MR) is 137 cm³/mol. The highest BCUT2D eigenvalue weighted by Crippen LogP contribution is 2.19. The molecule has 0 saturated carbocycles. The highest BCUT2D eigenvalue weighted by Gasteiger charge is 2.04. The molecule has 0 amide bonds. The molecule has 2 aromatic carbocycles. The fourth-order valence-electron chi connectivity index (χ4n) is 3.25. The zero-order valence-corrected chi connectivity index (χ0v) is 20.0. The van der Waals surface area contributed by atoms with Crippen LogP contribution >= 0.6 is 0 Å². The van der Waals surface area contributed by atoms with E-state index in [1.807, 2.05) is 36.4 Å². The van der Waals surface area contributed by atoms with Crippen LogP contribution < -0.4 is 14.8 Å². The fraction of sp³-hybridized carbons (Fsp3) is 0.519. The first-order valence-electron chi connectivity index (χ1n) is 10.8. The molecule has 174 valence electrons. The van der Waals surface area contributed by atoms with Crippen molar-refractivity contribution in [3.05, 3.63) is 48.5 Å². The lowest BCUT2D eigenvalue weighted by Gasteiger charge is -2.17. The topological polar surface area (TPSA) is 42.9 Å². The standard InChI is InChI=1S/C13H21NO.C13H19NO.CH4/c2*1-10(2)9-11(3)14-12-5-7-13(15-4)8-6-12;/h5-8,10-11,14H,9H2,1-4H3;5-8,10H,9H2,1-4H3;1H4. The summed E-state index contributed by atoms with van der Waals surface area (Å²) in [4.78, 5) is 4.54. The third-order valence-electron chi connectivity index (χ3n) is 4.42. The average molecular weight is 429 g/mol. The van der Waals surface area contributed by atoms with Crippen molar-refractivity contribution in [1.29, 1.82) is 0 Å². The third-order valence-corrected chi connectivity index (χ3v) is 4.42. The van der Waals surface area contributed by atoms with Gasteiger partial charge in [-0.2, -0.15) is 0 Å². The van der Waals surface area contributed by atoms with Crippen LogP contribution in [-0.4, -0.2) is 26.0 Å². The van der Waals surface area contributed by atoms with Gasteiger partial charge in [-0.05, 0) is 87.1 Å². The Morgan fingerprint density at radius 2 is 1.29 bits per heavy atom. The Kier molecular flexibility index (Phi) is 14.1. The van der Waals surface area contributed by atoms with Crippen molar-refractivity contribution < 1.29 is 9.47 Å². The molecule has 0 aromatic heterocycles. The molecule has 0 aliphatic carbocycles. The van der Waals surface area contributed by atoms with Gasteiger partial charge in [-0.25, -0.2) is 0 Å². The SMILES string of the molecule is C.COc1ccc(N=C(C)CC(C)C)cc1.COc1ccc(NC(C)CC(C)C)cc1. The Hall–Kier alpha value is -2.49. The van der Waals surface area contributed by atoms with E-state index in [1.54, 1.807) is 14.2 Å². The van der Waals surface area contributed by atoms with E-state index in [-0.39, 0.29) is 7.43 Å². The molecule has 0 saturated heterocycles. The molecule has 1 unspecified atom stereocenters. The van der Waals surface area contributed by atoms with Gasteiger partial charge in [0.25, 0.3) is 0 Å². The molecule has 0 radical (unpaired) electrons. The smallest absolute Gasteiger partial charge is 0.119 e. The van der Waals surface area contributed by atoms with E-state index < -0.39 is 0 Å². The number of benzene rings is 2. The van der Waals surface area contributed by atoms with Gasteiger partial charge in [0, 0.05) is 17.4 Å². The minimum Gasteiger partial charge on any atom is -0.497 e. The van der Waals surface area contributed by atoms with E-state index in [0.29, 0.717) is 12.0 Å². The first-order valence-corrected chi connectivity index (χ1v) is 10.8. The lowest BCUT2D eigenvalue weighted by atomic mass is 10.1. The number of methoxy groups -OCH3 is 2. The van der Waals surface area contributed by atoms with Crippen LogP contribution in [-0.2, 0) is 0 Å². The van der Waals surface area contributed by atoms with Gasteiger partial charge >= 0.3 is 0 Å². The number of nitrogens with zero attached hydrogens (tertiary/aromatic N) is 1. The second-order valence-corrected chi connectivity index (χ2v) is 8.55. The Bertz CT molecular complexity index is 735. The second kappa shape index (κ2) is 15.3. The van der Waals surface area contributed by atoms with Crippen molar-refractivity contribution in [2.45, 2.75) is 67.9 Å². The second-order valence-electron chi connectivity index (χ2n) is 8.55. The Morgan fingerprint density at radius 1 is 0.806 bits per heavy atom. The molecule has 0 bridgehead atoms. The van der Waals surface area contributed by atoms with Crippen LogP contribution in [0.1, 0.15) is 61.8 Å². The zero-order chi connectivity index (χ0) is 22.5. The number of ether oxygens (including phenoxy) is 2. The van der Waals surface area contributed by atoms with Crippen molar-refractivity contribution in [3.63, 3.8) is 0 Å². The molecule has 4 nitrogen and oxygen atoms in total. The number of rotatable bonds is 9. The van der Waals surface area contributed by atoms with Crippen LogP contribution in [0.15, 0.2) is 53.5 Å². The predicted octanol–water partition coefficient (Wildman–Crippen LogP) is 8.01. The Balaban J connectivity index is 0.000000562. The highest BCUT2D eigenvalue weighted by molar-refractivity contribution is 5.84. The quantitative estimate of drug-likeness (QED) is 0.411. The molecular formula is C27H44N2O2. The van der Waals surface area contributed by atoms with Crippen molar-refractivity contribution in [2.75, 3.05) is 19.5 Å². The maximum absolute atomic E-state index is 5.11. The van der Waals surface area contributed by atoms with Crippen LogP contribution in [0, 0.1) is 11.8 Å². The molecule has 4 heteroatoms. The summed E-state index contributed by atoms with van der Waals surface area (Å²) in [6.07, 6.45) is 2.23. The normalized spacial score (nSPS) is 11.9. The van der Waals surface area contributed by atoms with E-state index in [1.165, 1.54) is 12.1 Å². The number of hydrogen-bond donors (Lipinski definition) is 1. The molecular weight excluding hydrogens is 384 g/mol. The van der Waals surface area contributed by atoms with Crippen LogP contribution in [0.3, 0.4) is 0 Å². The van der Waals surface area contributed by atoms with Crippen LogP contribution in [0.5, 0.6) is 11.5 Å². The summed E-state index contributed by atoms with van der Waals surface area (Å²) in [5, 5.41) is 3.47.